The smallest absolute Gasteiger partial charge is 0.260 e. The van der Waals surface area contributed by atoms with E-state index >= 15 is 0 Å². The molecule has 1 amide bonds. The fourth-order valence-electron chi connectivity index (χ4n) is 3.70. The van der Waals surface area contributed by atoms with Crippen molar-refractivity contribution in [1.82, 2.24) is 14.2 Å². The van der Waals surface area contributed by atoms with Gasteiger partial charge in [0.15, 0.2) is 5.13 Å². The van der Waals surface area contributed by atoms with E-state index in [2.05, 4.69) is 23.7 Å². The number of benzene rings is 2. The molecule has 0 aliphatic carbocycles. The molecule has 0 saturated heterocycles. The molecule has 0 bridgehead atoms. The number of sulfonamides is 1. The molecule has 3 aromatic rings. The van der Waals surface area contributed by atoms with Crippen molar-refractivity contribution < 1.29 is 13.2 Å². The van der Waals surface area contributed by atoms with E-state index in [4.69, 9.17) is 11.6 Å². The van der Waals surface area contributed by atoms with Gasteiger partial charge in [0, 0.05) is 36.8 Å². The average molecular weight is 523 g/mol. The second-order valence-corrected chi connectivity index (χ2v) is 11.1. The van der Waals surface area contributed by atoms with E-state index in [0.29, 0.717) is 41.9 Å². The monoisotopic (exact) mass is 522 g/mol. The molecule has 0 N–H and O–H groups in total. The standard InChI is InChI=1S/C24H31ClN4O3S2/c1-5-27(6-2)15-16-29(24-26-21-14-11-19(25)17-22(21)33-24)23(30)18-9-12-20(13-10-18)34(31,32)28(7-3)8-4/h9-14,17H,5-8,15-16H2,1-4H3. The lowest BCUT2D eigenvalue weighted by Crippen LogP contribution is -2.39. The Bertz CT molecular complexity index is 1220. The molecular formula is C24H31ClN4O3S2. The highest BCUT2D eigenvalue weighted by molar-refractivity contribution is 7.89. The van der Waals surface area contributed by atoms with E-state index in [1.165, 1.54) is 27.8 Å². The van der Waals surface area contributed by atoms with E-state index < -0.39 is 10.0 Å². The summed E-state index contributed by atoms with van der Waals surface area (Å²) in [6, 6.07) is 11.6. The molecule has 7 nitrogen and oxygen atoms in total. The van der Waals surface area contributed by atoms with Crippen molar-refractivity contribution in [2.75, 3.05) is 44.2 Å². The number of likely N-dealkylation sites (N-methyl/N-ethyl adjacent to an activating group) is 1. The minimum atomic E-state index is -3.59. The van der Waals surface area contributed by atoms with Crippen molar-refractivity contribution in [2.45, 2.75) is 32.6 Å². The summed E-state index contributed by atoms with van der Waals surface area (Å²) in [5.41, 5.74) is 1.20. The molecule has 0 aliphatic rings. The number of aromatic nitrogens is 1. The molecule has 10 heteroatoms. The Morgan fingerprint density at radius 1 is 0.941 bits per heavy atom. The number of hydrogen-bond acceptors (Lipinski definition) is 6. The summed E-state index contributed by atoms with van der Waals surface area (Å²) < 4.78 is 27.9. The highest BCUT2D eigenvalue weighted by Crippen LogP contribution is 2.31. The predicted molar refractivity (Wildman–Crippen MR) is 141 cm³/mol. The minimum Gasteiger partial charge on any atom is -0.302 e. The quantitative estimate of drug-likeness (QED) is 0.355. The van der Waals surface area contributed by atoms with Gasteiger partial charge in [-0.05, 0) is 55.6 Å². The fraction of sp³-hybridized carbons (Fsp3) is 0.417. The Labute approximate surface area is 211 Å². The average Bonchev–Trinajstić information content (AvgIpc) is 3.25. The molecule has 2 aromatic carbocycles. The van der Waals surface area contributed by atoms with E-state index in [0.717, 1.165) is 23.3 Å². The number of thiazole rings is 1. The van der Waals surface area contributed by atoms with Gasteiger partial charge in [-0.15, -0.1) is 0 Å². The molecule has 0 radical (unpaired) electrons. The molecule has 0 saturated carbocycles. The highest BCUT2D eigenvalue weighted by atomic mass is 35.5. The van der Waals surface area contributed by atoms with Crippen molar-refractivity contribution >= 4 is 54.2 Å². The highest BCUT2D eigenvalue weighted by Gasteiger charge is 2.25. The van der Waals surface area contributed by atoms with Crippen LogP contribution in [0.3, 0.4) is 0 Å². The SMILES string of the molecule is CCN(CC)CCN(C(=O)c1ccc(S(=O)(=O)N(CC)CC)cc1)c1nc2ccc(Cl)cc2s1. The summed E-state index contributed by atoms with van der Waals surface area (Å²) in [4.78, 5) is 22.3. The predicted octanol–water partition coefficient (Wildman–Crippen LogP) is 4.97. The third kappa shape index (κ3) is 5.78. The Hall–Kier alpha value is -2.04. The lowest BCUT2D eigenvalue weighted by Gasteiger charge is -2.25. The first kappa shape index (κ1) is 26.6. The van der Waals surface area contributed by atoms with Gasteiger partial charge in [0.05, 0.1) is 15.1 Å². The Balaban J connectivity index is 1.94. The van der Waals surface area contributed by atoms with Crippen LogP contribution in [-0.4, -0.2) is 67.8 Å². The van der Waals surface area contributed by atoms with Gasteiger partial charge in [-0.2, -0.15) is 4.31 Å². The van der Waals surface area contributed by atoms with Gasteiger partial charge in [-0.3, -0.25) is 9.69 Å². The maximum Gasteiger partial charge on any atom is 0.260 e. The van der Waals surface area contributed by atoms with Crippen molar-refractivity contribution in [3.8, 4) is 0 Å². The van der Waals surface area contributed by atoms with Crippen molar-refractivity contribution in [3.05, 3.63) is 53.1 Å². The van der Waals surface area contributed by atoms with E-state index in [1.54, 1.807) is 36.9 Å². The lowest BCUT2D eigenvalue weighted by molar-refractivity contribution is 0.0983. The van der Waals surface area contributed by atoms with Crippen molar-refractivity contribution in [3.63, 3.8) is 0 Å². The number of carbonyl (C=O) groups excluding carboxylic acids is 1. The third-order valence-corrected chi connectivity index (χ3v) is 9.13. The zero-order chi connectivity index (χ0) is 24.9. The molecule has 1 aromatic heterocycles. The van der Waals surface area contributed by atoms with Gasteiger partial charge in [-0.1, -0.05) is 50.6 Å². The number of rotatable bonds is 11. The Morgan fingerprint density at radius 3 is 2.18 bits per heavy atom. The molecule has 0 atom stereocenters. The molecule has 0 unspecified atom stereocenters. The number of amides is 1. The first-order valence-electron chi connectivity index (χ1n) is 11.5. The van der Waals surface area contributed by atoms with Crippen LogP contribution in [0, 0.1) is 0 Å². The number of fused-ring (bicyclic) bond motifs is 1. The molecule has 3 rings (SSSR count). The van der Waals surface area contributed by atoms with Crippen LogP contribution in [0.1, 0.15) is 38.1 Å². The van der Waals surface area contributed by atoms with Crippen LogP contribution in [0.15, 0.2) is 47.4 Å². The fourth-order valence-corrected chi connectivity index (χ4v) is 6.43. The second kappa shape index (κ2) is 11.6. The van der Waals surface area contributed by atoms with Crippen LogP contribution in [0.2, 0.25) is 5.02 Å². The van der Waals surface area contributed by atoms with Gasteiger partial charge >= 0.3 is 0 Å². The summed E-state index contributed by atoms with van der Waals surface area (Å²) in [6.45, 7) is 11.5. The Kier molecular flexibility index (Phi) is 9.06. The summed E-state index contributed by atoms with van der Waals surface area (Å²) in [5, 5.41) is 1.21. The molecule has 0 spiro atoms. The van der Waals surface area contributed by atoms with Crippen LogP contribution in [0.5, 0.6) is 0 Å². The maximum atomic E-state index is 13.6. The van der Waals surface area contributed by atoms with Gasteiger partial charge in [0.25, 0.3) is 5.91 Å². The van der Waals surface area contributed by atoms with E-state index in [1.807, 2.05) is 12.1 Å². The van der Waals surface area contributed by atoms with E-state index in [9.17, 15) is 13.2 Å². The summed E-state index contributed by atoms with van der Waals surface area (Å²) in [5.74, 6) is -0.218. The van der Waals surface area contributed by atoms with Crippen LogP contribution in [0.25, 0.3) is 10.2 Å². The molecule has 0 aliphatic heterocycles. The molecule has 1 heterocycles. The number of halogens is 1. The van der Waals surface area contributed by atoms with E-state index in [-0.39, 0.29) is 10.8 Å². The number of carbonyl (C=O) groups is 1. The number of nitrogens with zero attached hydrogens (tertiary/aromatic N) is 4. The van der Waals surface area contributed by atoms with Gasteiger partial charge in [0.2, 0.25) is 10.0 Å². The van der Waals surface area contributed by atoms with Crippen LogP contribution < -0.4 is 4.90 Å². The van der Waals surface area contributed by atoms with Gasteiger partial charge in [-0.25, -0.2) is 13.4 Å². The summed E-state index contributed by atoms with van der Waals surface area (Å²) in [7, 11) is -3.59. The van der Waals surface area contributed by atoms with Gasteiger partial charge < -0.3 is 4.90 Å². The number of anilines is 1. The maximum absolute atomic E-state index is 13.6. The van der Waals surface area contributed by atoms with Crippen LogP contribution >= 0.6 is 22.9 Å². The third-order valence-electron chi connectivity index (χ3n) is 5.79. The molecule has 34 heavy (non-hydrogen) atoms. The van der Waals surface area contributed by atoms with Crippen molar-refractivity contribution in [2.24, 2.45) is 0 Å². The molecule has 184 valence electrons. The topological polar surface area (TPSA) is 73.8 Å². The minimum absolute atomic E-state index is 0.178. The van der Waals surface area contributed by atoms with Crippen molar-refractivity contribution in [1.29, 1.82) is 0 Å². The van der Waals surface area contributed by atoms with Crippen LogP contribution in [0.4, 0.5) is 5.13 Å². The first-order valence-corrected chi connectivity index (χ1v) is 14.1. The summed E-state index contributed by atoms with van der Waals surface area (Å²) in [6.07, 6.45) is 0. The number of hydrogen-bond donors (Lipinski definition) is 0. The lowest BCUT2D eigenvalue weighted by atomic mass is 10.2. The second-order valence-electron chi connectivity index (χ2n) is 7.71. The molecular weight excluding hydrogens is 492 g/mol. The first-order chi connectivity index (χ1) is 16.2. The summed E-state index contributed by atoms with van der Waals surface area (Å²) >= 11 is 7.56. The Morgan fingerprint density at radius 2 is 1.59 bits per heavy atom. The largest absolute Gasteiger partial charge is 0.302 e. The zero-order valence-corrected chi connectivity index (χ0v) is 22.4. The van der Waals surface area contributed by atoms with Gasteiger partial charge in [0.1, 0.15) is 0 Å². The van der Waals surface area contributed by atoms with Crippen LogP contribution in [-0.2, 0) is 10.0 Å². The molecule has 0 fully saturated rings. The normalized spacial score (nSPS) is 12.1. The zero-order valence-electron chi connectivity index (χ0n) is 20.0.